The minimum absolute atomic E-state index is 0.0635. The summed E-state index contributed by atoms with van der Waals surface area (Å²) in [5, 5.41) is 21.0. The zero-order valence-electron chi connectivity index (χ0n) is 9.80. The van der Waals surface area contributed by atoms with Crippen LogP contribution < -0.4 is 5.32 Å². The number of nitrogens with one attached hydrogen (secondary N) is 1. The van der Waals surface area contributed by atoms with Crippen molar-refractivity contribution in [2.45, 2.75) is 6.04 Å². The molecule has 3 N–H and O–H groups in total. The number of amides is 1. The Morgan fingerprint density at radius 2 is 2.11 bits per heavy atom. The lowest BCUT2D eigenvalue weighted by atomic mass is 10.0. The van der Waals surface area contributed by atoms with Crippen LogP contribution in [0.1, 0.15) is 10.4 Å². The number of ether oxygens (including phenoxy) is 1. The van der Waals surface area contributed by atoms with Crippen molar-refractivity contribution >= 4 is 23.5 Å². The van der Waals surface area contributed by atoms with Crippen molar-refractivity contribution in [1.82, 2.24) is 5.32 Å². The van der Waals surface area contributed by atoms with Gasteiger partial charge in [-0.15, -0.1) is 0 Å². The van der Waals surface area contributed by atoms with E-state index in [-0.39, 0.29) is 29.5 Å². The average Bonchev–Trinajstić information content (AvgIpc) is 2.80. The average molecular weight is 286 g/mol. The number of carboxylic acid groups (broad SMARTS) is 1. The Hall–Kier alpha value is -1.79. The van der Waals surface area contributed by atoms with Gasteiger partial charge in [-0.2, -0.15) is 0 Å². The Labute approximate surface area is 113 Å². The van der Waals surface area contributed by atoms with E-state index in [4.69, 9.17) is 21.4 Å². The highest BCUT2D eigenvalue weighted by Crippen LogP contribution is 2.22. The molecule has 1 saturated heterocycles. The van der Waals surface area contributed by atoms with Gasteiger partial charge in [-0.05, 0) is 18.2 Å². The van der Waals surface area contributed by atoms with Crippen LogP contribution in [0.25, 0.3) is 0 Å². The van der Waals surface area contributed by atoms with Gasteiger partial charge in [0.05, 0.1) is 29.8 Å². The van der Waals surface area contributed by atoms with Gasteiger partial charge in [-0.3, -0.25) is 9.59 Å². The largest absolute Gasteiger partial charge is 0.508 e. The number of phenolic OH excluding ortho intramolecular Hbond substituents is 1. The van der Waals surface area contributed by atoms with E-state index >= 15 is 0 Å². The number of carbonyl (C=O) groups is 2. The molecule has 7 heteroatoms. The molecule has 1 aromatic rings. The third-order valence-electron chi connectivity index (χ3n) is 2.91. The van der Waals surface area contributed by atoms with Gasteiger partial charge in [-0.25, -0.2) is 0 Å². The highest BCUT2D eigenvalue weighted by atomic mass is 35.5. The molecule has 2 unspecified atom stereocenters. The number of hydrogen-bond acceptors (Lipinski definition) is 4. The Morgan fingerprint density at radius 3 is 2.79 bits per heavy atom. The summed E-state index contributed by atoms with van der Waals surface area (Å²) >= 11 is 5.86. The predicted octanol–water partition coefficient (Wildman–Crippen LogP) is 0.875. The number of aliphatic carboxylic acids is 1. The lowest BCUT2D eigenvalue weighted by molar-refractivity contribution is -0.142. The number of carbonyl (C=O) groups excluding carboxylic acids is 1. The Kier molecular flexibility index (Phi) is 3.92. The van der Waals surface area contributed by atoms with Crippen LogP contribution >= 0.6 is 11.6 Å². The van der Waals surface area contributed by atoms with Gasteiger partial charge in [0.2, 0.25) is 0 Å². The van der Waals surface area contributed by atoms with Gasteiger partial charge in [0.15, 0.2) is 0 Å². The fourth-order valence-electron chi connectivity index (χ4n) is 1.87. The smallest absolute Gasteiger partial charge is 0.311 e. The summed E-state index contributed by atoms with van der Waals surface area (Å²) in [6.07, 6.45) is 0. The summed E-state index contributed by atoms with van der Waals surface area (Å²) in [5.41, 5.74) is 0.0951. The molecule has 1 amide bonds. The molecule has 102 valence electrons. The maximum atomic E-state index is 12.0. The summed E-state index contributed by atoms with van der Waals surface area (Å²) in [7, 11) is 0. The third-order valence-corrected chi connectivity index (χ3v) is 3.24. The molecule has 6 nitrogen and oxygen atoms in total. The van der Waals surface area contributed by atoms with Gasteiger partial charge in [0.1, 0.15) is 11.7 Å². The van der Waals surface area contributed by atoms with Crippen LogP contribution in [0.4, 0.5) is 0 Å². The molecule has 2 atom stereocenters. The fourth-order valence-corrected chi connectivity index (χ4v) is 2.08. The minimum atomic E-state index is -1.02. The van der Waals surface area contributed by atoms with E-state index in [1.165, 1.54) is 18.2 Å². The Bertz CT molecular complexity index is 519. The third kappa shape index (κ3) is 2.97. The number of aromatic hydroxyl groups is 1. The van der Waals surface area contributed by atoms with Crippen LogP contribution in [0, 0.1) is 5.92 Å². The van der Waals surface area contributed by atoms with Crippen molar-refractivity contribution in [2.24, 2.45) is 5.92 Å². The lowest BCUT2D eigenvalue weighted by Crippen LogP contribution is -2.42. The molecular formula is C12H12ClNO5. The number of hydrogen-bond donors (Lipinski definition) is 3. The van der Waals surface area contributed by atoms with Crippen molar-refractivity contribution in [3.63, 3.8) is 0 Å². The van der Waals surface area contributed by atoms with Crippen molar-refractivity contribution in [3.05, 3.63) is 28.8 Å². The zero-order chi connectivity index (χ0) is 14.0. The standard InChI is InChI=1S/C12H12ClNO5/c13-9-2-1-6(15)3-7(9)11(16)14-10-5-19-4-8(10)12(17)18/h1-3,8,10,15H,4-5H2,(H,14,16)(H,17,18). The molecule has 1 aliphatic rings. The van der Waals surface area contributed by atoms with Gasteiger partial charge >= 0.3 is 5.97 Å². The SMILES string of the molecule is O=C(NC1COCC1C(=O)O)c1cc(O)ccc1Cl. The molecule has 0 spiro atoms. The molecule has 0 radical (unpaired) electrons. The van der Waals surface area contributed by atoms with E-state index in [1.54, 1.807) is 0 Å². The first-order chi connectivity index (χ1) is 8.99. The molecular weight excluding hydrogens is 274 g/mol. The zero-order valence-corrected chi connectivity index (χ0v) is 10.6. The molecule has 1 heterocycles. The van der Waals surface area contributed by atoms with E-state index < -0.39 is 23.8 Å². The van der Waals surface area contributed by atoms with Gasteiger partial charge in [0, 0.05) is 0 Å². The van der Waals surface area contributed by atoms with Crippen molar-refractivity contribution in [3.8, 4) is 5.75 Å². The highest BCUT2D eigenvalue weighted by molar-refractivity contribution is 6.33. The van der Waals surface area contributed by atoms with Crippen molar-refractivity contribution < 1.29 is 24.5 Å². The number of benzene rings is 1. The molecule has 0 aromatic heterocycles. The first kappa shape index (κ1) is 13.6. The molecule has 0 bridgehead atoms. The maximum absolute atomic E-state index is 12.0. The van der Waals surface area contributed by atoms with Crippen molar-refractivity contribution in [1.29, 1.82) is 0 Å². The summed E-state index contributed by atoms with van der Waals surface area (Å²) in [5.74, 6) is -2.43. The maximum Gasteiger partial charge on any atom is 0.311 e. The quantitative estimate of drug-likeness (QED) is 0.766. The second-order valence-corrected chi connectivity index (χ2v) is 4.63. The molecule has 19 heavy (non-hydrogen) atoms. The Balaban J connectivity index is 2.12. The van der Waals surface area contributed by atoms with E-state index in [2.05, 4.69) is 5.32 Å². The summed E-state index contributed by atoms with van der Waals surface area (Å²) in [6, 6.07) is 3.37. The summed E-state index contributed by atoms with van der Waals surface area (Å²) in [6.45, 7) is 0.202. The molecule has 0 saturated carbocycles. The first-order valence-electron chi connectivity index (χ1n) is 5.59. The van der Waals surface area contributed by atoms with Crippen LogP contribution in [-0.4, -0.2) is 41.3 Å². The monoisotopic (exact) mass is 285 g/mol. The predicted molar refractivity (Wildman–Crippen MR) is 66.3 cm³/mol. The van der Waals surface area contributed by atoms with E-state index in [0.29, 0.717) is 0 Å². The number of halogens is 1. The summed E-state index contributed by atoms with van der Waals surface area (Å²) in [4.78, 5) is 22.9. The van der Waals surface area contributed by atoms with Crippen molar-refractivity contribution in [2.75, 3.05) is 13.2 Å². The van der Waals surface area contributed by atoms with E-state index in [9.17, 15) is 14.7 Å². The highest BCUT2D eigenvalue weighted by Gasteiger charge is 2.35. The van der Waals surface area contributed by atoms with Gasteiger partial charge in [-0.1, -0.05) is 11.6 Å². The lowest BCUT2D eigenvalue weighted by Gasteiger charge is -2.16. The molecule has 0 aliphatic carbocycles. The van der Waals surface area contributed by atoms with Gasteiger partial charge < -0.3 is 20.3 Å². The van der Waals surface area contributed by atoms with Gasteiger partial charge in [0.25, 0.3) is 5.91 Å². The van der Waals surface area contributed by atoms with Crippen LogP contribution in [0.5, 0.6) is 5.75 Å². The minimum Gasteiger partial charge on any atom is -0.508 e. The van der Waals surface area contributed by atoms with Crippen LogP contribution in [0.15, 0.2) is 18.2 Å². The van der Waals surface area contributed by atoms with E-state index in [1.807, 2.05) is 0 Å². The van der Waals surface area contributed by atoms with Crippen LogP contribution in [-0.2, 0) is 9.53 Å². The number of rotatable bonds is 3. The molecule has 1 aromatic carbocycles. The normalized spacial score (nSPS) is 22.2. The number of carboxylic acids is 1. The number of phenols is 1. The first-order valence-corrected chi connectivity index (χ1v) is 5.96. The van der Waals surface area contributed by atoms with E-state index in [0.717, 1.165) is 0 Å². The second kappa shape index (κ2) is 5.46. The van der Waals surface area contributed by atoms with Crippen LogP contribution in [0.3, 0.4) is 0 Å². The molecule has 1 aliphatic heterocycles. The molecule has 2 rings (SSSR count). The second-order valence-electron chi connectivity index (χ2n) is 4.23. The summed E-state index contributed by atoms with van der Waals surface area (Å²) < 4.78 is 5.04. The Morgan fingerprint density at radius 1 is 1.37 bits per heavy atom. The fraction of sp³-hybridized carbons (Fsp3) is 0.333. The topological polar surface area (TPSA) is 95.9 Å². The molecule has 1 fully saturated rings. The van der Waals surface area contributed by atoms with Crippen LogP contribution in [0.2, 0.25) is 5.02 Å².